The summed E-state index contributed by atoms with van der Waals surface area (Å²) in [5.74, 6) is -0.374. The Kier molecular flexibility index (Phi) is 5.57. The van der Waals surface area contributed by atoms with Gasteiger partial charge in [0.15, 0.2) is 5.82 Å². The molecule has 3 nitrogen and oxygen atoms in total. The lowest BCUT2D eigenvalue weighted by Crippen LogP contribution is -2.24. The Morgan fingerprint density at radius 1 is 1.28 bits per heavy atom. The van der Waals surface area contributed by atoms with E-state index in [4.69, 9.17) is 5.26 Å². The summed E-state index contributed by atoms with van der Waals surface area (Å²) < 4.78 is 14.3. The summed E-state index contributed by atoms with van der Waals surface area (Å²) in [6.07, 6.45) is 0.959. The van der Waals surface area contributed by atoms with Crippen LogP contribution >= 0.6 is 15.9 Å². The number of anilines is 1. The Bertz CT molecular complexity index is 454. The fraction of sp³-hybridized carbons (Fsp3) is 0.462. The molecule has 0 radical (unpaired) electrons. The normalized spacial score (nSPS) is 10.5. The average Bonchev–Trinajstić information content (AvgIpc) is 2.32. The molecule has 0 saturated heterocycles. The van der Waals surface area contributed by atoms with Gasteiger partial charge in [-0.2, -0.15) is 5.26 Å². The molecule has 0 aliphatic rings. The minimum atomic E-state index is -0.374. The van der Waals surface area contributed by atoms with E-state index >= 15 is 0 Å². The molecule has 1 aromatic rings. The second-order valence-corrected chi connectivity index (χ2v) is 5.24. The maximum Gasteiger partial charge on any atom is 0.161 e. The highest BCUT2D eigenvalue weighted by molar-refractivity contribution is 9.10. The van der Waals surface area contributed by atoms with Crippen LogP contribution in [0, 0.1) is 17.1 Å². The van der Waals surface area contributed by atoms with Crippen molar-refractivity contribution in [2.45, 2.75) is 6.42 Å². The molecule has 0 heterocycles. The highest BCUT2D eigenvalue weighted by atomic mass is 79.9. The molecule has 98 valence electrons. The maximum atomic E-state index is 14.0. The fourth-order valence-corrected chi connectivity index (χ4v) is 2.09. The van der Waals surface area contributed by atoms with Crippen molar-refractivity contribution in [1.82, 2.24) is 4.90 Å². The number of hydrogen-bond donors (Lipinski definition) is 0. The third-order valence-electron chi connectivity index (χ3n) is 2.69. The zero-order valence-electron chi connectivity index (χ0n) is 10.9. The monoisotopic (exact) mass is 313 g/mol. The molecule has 0 N–H and O–H groups in total. The lowest BCUT2D eigenvalue weighted by atomic mass is 10.2. The van der Waals surface area contributed by atoms with Crippen LogP contribution in [0.4, 0.5) is 10.1 Å². The van der Waals surface area contributed by atoms with E-state index in [-0.39, 0.29) is 10.3 Å². The smallest absolute Gasteiger partial charge is 0.161 e. The van der Waals surface area contributed by atoms with E-state index in [0.29, 0.717) is 11.3 Å². The molecule has 0 spiro atoms. The Morgan fingerprint density at radius 3 is 2.50 bits per heavy atom. The Balaban J connectivity index is 2.78. The molecule has 0 saturated carbocycles. The molecule has 18 heavy (non-hydrogen) atoms. The first-order valence-corrected chi connectivity index (χ1v) is 6.50. The lowest BCUT2D eigenvalue weighted by Gasteiger charge is -2.21. The topological polar surface area (TPSA) is 30.3 Å². The van der Waals surface area contributed by atoms with Gasteiger partial charge in [-0.15, -0.1) is 0 Å². The molecular weight excluding hydrogens is 297 g/mol. The number of halogens is 2. The zero-order valence-corrected chi connectivity index (χ0v) is 12.5. The number of nitrogens with zero attached hydrogens (tertiary/aromatic N) is 3. The summed E-state index contributed by atoms with van der Waals surface area (Å²) in [7, 11) is 5.88. The SMILES string of the molecule is CN(C)CCCN(C)c1ccc(C#N)c(Br)c1F. The van der Waals surface area contributed by atoms with E-state index in [0.717, 1.165) is 19.5 Å². The van der Waals surface area contributed by atoms with Gasteiger partial charge < -0.3 is 9.80 Å². The van der Waals surface area contributed by atoms with Crippen molar-refractivity contribution in [3.8, 4) is 6.07 Å². The van der Waals surface area contributed by atoms with Crippen LogP contribution in [0.15, 0.2) is 16.6 Å². The van der Waals surface area contributed by atoms with Crippen molar-refractivity contribution in [2.75, 3.05) is 39.1 Å². The Hall–Kier alpha value is -1.12. The van der Waals surface area contributed by atoms with E-state index in [1.54, 1.807) is 12.1 Å². The van der Waals surface area contributed by atoms with Gasteiger partial charge in [0, 0.05) is 13.6 Å². The predicted molar refractivity (Wildman–Crippen MR) is 75.3 cm³/mol. The molecule has 0 amide bonds. The van der Waals surface area contributed by atoms with Gasteiger partial charge in [0.2, 0.25) is 0 Å². The Labute approximate surface area is 116 Å². The van der Waals surface area contributed by atoms with Gasteiger partial charge in [-0.3, -0.25) is 0 Å². The Morgan fingerprint density at radius 2 is 1.94 bits per heavy atom. The van der Waals surface area contributed by atoms with Gasteiger partial charge in [0.1, 0.15) is 6.07 Å². The molecular formula is C13H17BrFN3. The molecule has 0 aliphatic heterocycles. The summed E-state index contributed by atoms with van der Waals surface area (Å²) in [5, 5.41) is 8.81. The first kappa shape index (κ1) is 14.9. The molecule has 0 aliphatic carbocycles. The van der Waals surface area contributed by atoms with Crippen molar-refractivity contribution in [3.05, 3.63) is 28.0 Å². The molecule has 1 aromatic carbocycles. The third-order valence-corrected chi connectivity index (χ3v) is 3.47. The molecule has 0 atom stereocenters. The minimum Gasteiger partial charge on any atom is -0.372 e. The van der Waals surface area contributed by atoms with Crippen LogP contribution in [0.25, 0.3) is 0 Å². The maximum absolute atomic E-state index is 14.0. The van der Waals surface area contributed by atoms with Gasteiger partial charge in [-0.05, 0) is 55.1 Å². The molecule has 5 heteroatoms. The van der Waals surface area contributed by atoms with Crippen molar-refractivity contribution in [1.29, 1.82) is 5.26 Å². The quantitative estimate of drug-likeness (QED) is 0.837. The van der Waals surface area contributed by atoms with Crippen LogP contribution in [0.5, 0.6) is 0 Å². The number of benzene rings is 1. The van der Waals surface area contributed by atoms with Crippen LogP contribution in [-0.2, 0) is 0 Å². The van der Waals surface area contributed by atoms with E-state index in [1.807, 2.05) is 32.1 Å². The van der Waals surface area contributed by atoms with Crippen molar-refractivity contribution >= 4 is 21.6 Å². The minimum absolute atomic E-state index is 0.238. The van der Waals surface area contributed by atoms with Crippen LogP contribution in [0.1, 0.15) is 12.0 Å². The average molecular weight is 314 g/mol. The van der Waals surface area contributed by atoms with Crippen LogP contribution in [0.3, 0.4) is 0 Å². The molecule has 0 bridgehead atoms. The van der Waals surface area contributed by atoms with Crippen LogP contribution in [-0.4, -0.2) is 39.1 Å². The third kappa shape index (κ3) is 3.69. The van der Waals surface area contributed by atoms with Crippen molar-refractivity contribution < 1.29 is 4.39 Å². The number of nitriles is 1. The summed E-state index contributed by atoms with van der Waals surface area (Å²) in [6, 6.07) is 5.23. The molecule has 1 rings (SSSR count). The largest absolute Gasteiger partial charge is 0.372 e. The van der Waals surface area contributed by atoms with Gasteiger partial charge in [0.25, 0.3) is 0 Å². The lowest BCUT2D eigenvalue weighted by molar-refractivity contribution is 0.401. The summed E-state index contributed by atoms with van der Waals surface area (Å²) >= 11 is 3.12. The van der Waals surface area contributed by atoms with Gasteiger partial charge in [-0.1, -0.05) is 0 Å². The highest BCUT2D eigenvalue weighted by Gasteiger charge is 2.13. The van der Waals surface area contributed by atoms with E-state index < -0.39 is 0 Å². The van der Waals surface area contributed by atoms with Crippen molar-refractivity contribution in [2.24, 2.45) is 0 Å². The van der Waals surface area contributed by atoms with Crippen molar-refractivity contribution in [3.63, 3.8) is 0 Å². The first-order valence-electron chi connectivity index (χ1n) is 5.71. The first-order chi connectivity index (χ1) is 8.47. The summed E-state index contributed by atoms with van der Waals surface area (Å²) in [5.41, 5.74) is 0.831. The zero-order chi connectivity index (χ0) is 13.7. The number of rotatable bonds is 5. The van der Waals surface area contributed by atoms with E-state index in [2.05, 4.69) is 20.8 Å². The fourth-order valence-electron chi connectivity index (χ4n) is 1.66. The van der Waals surface area contributed by atoms with Gasteiger partial charge in [0.05, 0.1) is 15.7 Å². The summed E-state index contributed by atoms with van der Waals surface area (Å²) in [4.78, 5) is 3.96. The number of hydrogen-bond acceptors (Lipinski definition) is 3. The standard InChI is InChI=1S/C13H17BrFN3/c1-17(2)7-4-8-18(3)11-6-5-10(9-16)12(14)13(11)15/h5-6H,4,7-8H2,1-3H3. The van der Waals surface area contributed by atoms with E-state index in [9.17, 15) is 4.39 Å². The molecule has 0 fully saturated rings. The van der Waals surface area contributed by atoms with Crippen LogP contribution in [0.2, 0.25) is 0 Å². The van der Waals surface area contributed by atoms with Crippen LogP contribution < -0.4 is 4.90 Å². The van der Waals surface area contributed by atoms with Gasteiger partial charge >= 0.3 is 0 Å². The molecule has 0 aromatic heterocycles. The highest BCUT2D eigenvalue weighted by Crippen LogP contribution is 2.28. The van der Waals surface area contributed by atoms with E-state index in [1.165, 1.54) is 0 Å². The predicted octanol–water partition coefficient (Wildman–Crippen LogP) is 2.85. The molecule has 0 unspecified atom stereocenters. The summed E-state index contributed by atoms with van der Waals surface area (Å²) in [6.45, 7) is 1.73. The second kappa shape index (κ2) is 6.72. The van der Waals surface area contributed by atoms with Gasteiger partial charge in [-0.25, -0.2) is 4.39 Å². The second-order valence-electron chi connectivity index (χ2n) is 4.45.